The van der Waals surface area contributed by atoms with Crippen LogP contribution in [0.5, 0.6) is 0 Å². The van der Waals surface area contributed by atoms with Crippen molar-refractivity contribution in [2.24, 2.45) is 0 Å². The van der Waals surface area contributed by atoms with Gasteiger partial charge in [-0.1, -0.05) is 0 Å². The van der Waals surface area contributed by atoms with Gasteiger partial charge in [-0.3, -0.25) is 0 Å². The van der Waals surface area contributed by atoms with Crippen molar-refractivity contribution < 1.29 is 19.3 Å². The number of aliphatic hydroxyl groups excluding tert-OH is 1. The minimum Gasteiger partial charge on any atom is -0.394 e. The van der Waals surface area contributed by atoms with Gasteiger partial charge < -0.3 is 19.3 Å². The van der Waals surface area contributed by atoms with Crippen LogP contribution in [0.3, 0.4) is 0 Å². The molecule has 0 bridgehead atoms. The molecule has 0 aromatic carbocycles. The zero-order valence-corrected chi connectivity index (χ0v) is 6.49. The molecule has 0 radical (unpaired) electrons. The van der Waals surface area contributed by atoms with E-state index in [9.17, 15) is 0 Å². The molecule has 0 saturated carbocycles. The third-order valence-corrected chi connectivity index (χ3v) is 1.31. The molecule has 0 aromatic heterocycles. The predicted molar refractivity (Wildman–Crippen MR) is 38.5 cm³/mol. The summed E-state index contributed by atoms with van der Waals surface area (Å²) in [6, 6.07) is 0. The second-order valence-corrected chi connectivity index (χ2v) is 2.37. The molecule has 0 aromatic rings. The molecule has 66 valence electrons. The molecular weight excluding hydrogens is 148 g/mol. The number of rotatable bonds is 7. The molecule has 1 fully saturated rings. The van der Waals surface area contributed by atoms with Crippen LogP contribution >= 0.6 is 0 Å². The first-order valence-corrected chi connectivity index (χ1v) is 3.81. The molecule has 0 spiro atoms. The maximum atomic E-state index is 8.34. The summed E-state index contributed by atoms with van der Waals surface area (Å²) in [5.74, 6) is 0. The first-order chi connectivity index (χ1) is 5.43. The highest BCUT2D eigenvalue weighted by molar-refractivity contribution is 4.66. The Labute approximate surface area is 66.1 Å². The average Bonchev–Trinajstić information content (AvgIpc) is 2.80. The number of epoxide rings is 1. The SMILES string of the molecule is OCCOCCOCC1CO1. The largest absolute Gasteiger partial charge is 0.394 e. The standard InChI is InChI=1S/C7H14O4/c8-1-2-9-3-4-10-5-7-6-11-7/h7-8H,1-6H2. The van der Waals surface area contributed by atoms with E-state index in [0.29, 0.717) is 32.5 Å². The van der Waals surface area contributed by atoms with Gasteiger partial charge in [-0.05, 0) is 0 Å². The van der Waals surface area contributed by atoms with E-state index < -0.39 is 0 Å². The zero-order valence-electron chi connectivity index (χ0n) is 6.49. The van der Waals surface area contributed by atoms with E-state index >= 15 is 0 Å². The zero-order chi connectivity index (χ0) is 7.94. The number of aliphatic hydroxyl groups is 1. The molecule has 11 heavy (non-hydrogen) atoms. The van der Waals surface area contributed by atoms with Crippen LogP contribution in [0.2, 0.25) is 0 Å². The van der Waals surface area contributed by atoms with Crippen LogP contribution in [0, 0.1) is 0 Å². The normalized spacial score (nSPS) is 22.1. The van der Waals surface area contributed by atoms with Gasteiger partial charge in [0.15, 0.2) is 0 Å². The lowest BCUT2D eigenvalue weighted by molar-refractivity contribution is 0.0288. The van der Waals surface area contributed by atoms with Crippen molar-refractivity contribution in [2.75, 3.05) is 39.6 Å². The quantitative estimate of drug-likeness (QED) is 0.401. The molecule has 1 unspecified atom stereocenters. The summed E-state index contributed by atoms with van der Waals surface area (Å²) in [7, 11) is 0. The predicted octanol–water partition coefficient (Wildman–Crippen LogP) is -0.589. The first-order valence-electron chi connectivity index (χ1n) is 3.81. The summed E-state index contributed by atoms with van der Waals surface area (Å²) >= 11 is 0. The smallest absolute Gasteiger partial charge is 0.104 e. The third kappa shape index (κ3) is 5.15. The Morgan fingerprint density at radius 2 is 2.00 bits per heavy atom. The van der Waals surface area contributed by atoms with Crippen LogP contribution in [0.4, 0.5) is 0 Å². The lowest BCUT2D eigenvalue weighted by Crippen LogP contribution is -2.09. The Bertz CT molecular complexity index is 92.4. The van der Waals surface area contributed by atoms with E-state index in [1.807, 2.05) is 0 Å². The molecule has 1 rings (SSSR count). The summed E-state index contributed by atoms with van der Waals surface area (Å²) in [4.78, 5) is 0. The van der Waals surface area contributed by atoms with Gasteiger partial charge in [0.2, 0.25) is 0 Å². The van der Waals surface area contributed by atoms with Gasteiger partial charge in [-0.25, -0.2) is 0 Å². The van der Waals surface area contributed by atoms with E-state index in [-0.39, 0.29) is 6.61 Å². The minimum absolute atomic E-state index is 0.0751. The second-order valence-electron chi connectivity index (χ2n) is 2.37. The van der Waals surface area contributed by atoms with E-state index in [4.69, 9.17) is 19.3 Å². The summed E-state index contributed by atoms with van der Waals surface area (Å²) in [6.45, 7) is 3.10. The lowest BCUT2D eigenvalue weighted by atomic mass is 10.5. The fourth-order valence-electron chi connectivity index (χ4n) is 0.664. The minimum atomic E-state index is 0.0751. The van der Waals surface area contributed by atoms with Crippen molar-refractivity contribution in [3.63, 3.8) is 0 Å². The first kappa shape index (κ1) is 8.93. The van der Waals surface area contributed by atoms with E-state index in [1.54, 1.807) is 0 Å². The Kier molecular flexibility index (Phi) is 4.45. The molecule has 1 heterocycles. The van der Waals surface area contributed by atoms with Gasteiger partial charge in [0.1, 0.15) is 6.10 Å². The summed E-state index contributed by atoms with van der Waals surface area (Å²) < 4.78 is 15.1. The third-order valence-electron chi connectivity index (χ3n) is 1.31. The van der Waals surface area contributed by atoms with E-state index in [1.165, 1.54) is 0 Å². The van der Waals surface area contributed by atoms with Crippen LogP contribution in [0.15, 0.2) is 0 Å². The van der Waals surface area contributed by atoms with Crippen LogP contribution in [0.1, 0.15) is 0 Å². The average molecular weight is 162 g/mol. The van der Waals surface area contributed by atoms with Gasteiger partial charge in [0.05, 0.1) is 39.6 Å². The van der Waals surface area contributed by atoms with Crippen LogP contribution in [-0.4, -0.2) is 50.9 Å². The monoisotopic (exact) mass is 162 g/mol. The van der Waals surface area contributed by atoms with Crippen molar-refractivity contribution in [3.05, 3.63) is 0 Å². The van der Waals surface area contributed by atoms with Crippen LogP contribution < -0.4 is 0 Å². The van der Waals surface area contributed by atoms with E-state index in [2.05, 4.69) is 0 Å². The number of ether oxygens (including phenoxy) is 3. The van der Waals surface area contributed by atoms with Crippen molar-refractivity contribution >= 4 is 0 Å². The Morgan fingerprint density at radius 3 is 2.64 bits per heavy atom. The summed E-state index contributed by atoms with van der Waals surface area (Å²) in [5.41, 5.74) is 0. The van der Waals surface area contributed by atoms with Crippen LogP contribution in [-0.2, 0) is 14.2 Å². The van der Waals surface area contributed by atoms with Crippen LogP contribution in [0.25, 0.3) is 0 Å². The fourth-order valence-corrected chi connectivity index (χ4v) is 0.664. The van der Waals surface area contributed by atoms with Gasteiger partial charge in [-0.2, -0.15) is 0 Å². The van der Waals surface area contributed by atoms with E-state index in [0.717, 1.165) is 6.61 Å². The molecule has 1 aliphatic rings. The van der Waals surface area contributed by atoms with Crippen molar-refractivity contribution in [1.82, 2.24) is 0 Å². The topological polar surface area (TPSA) is 51.2 Å². The summed E-state index contributed by atoms with van der Waals surface area (Å²) in [5, 5.41) is 8.34. The number of hydrogen-bond acceptors (Lipinski definition) is 4. The van der Waals surface area contributed by atoms with Gasteiger partial charge in [0.25, 0.3) is 0 Å². The highest BCUT2D eigenvalue weighted by atomic mass is 16.6. The molecule has 1 atom stereocenters. The van der Waals surface area contributed by atoms with Crippen molar-refractivity contribution in [1.29, 1.82) is 0 Å². The number of hydrogen-bond donors (Lipinski definition) is 1. The highest BCUT2D eigenvalue weighted by Crippen LogP contribution is 2.07. The second kappa shape index (κ2) is 5.49. The molecule has 4 heteroatoms. The van der Waals surface area contributed by atoms with Gasteiger partial charge in [0, 0.05) is 0 Å². The Balaban J connectivity index is 1.66. The Morgan fingerprint density at radius 1 is 1.27 bits per heavy atom. The molecule has 1 aliphatic heterocycles. The molecule has 4 nitrogen and oxygen atoms in total. The summed E-state index contributed by atoms with van der Waals surface area (Å²) in [6.07, 6.45) is 0.327. The maximum absolute atomic E-state index is 8.34. The molecule has 0 amide bonds. The molecule has 1 N–H and O–H groups in total. The Hall–Kier alpha value is -0.160. The highest BCUT2D eigenvalue weighted by Gasteiger charge is 2.21. The molecule has 0 aliphatic carbocycles. The van der Waals surface area contributed by atoms with Gasteiger partial charge >= 0.3 is 0 Å². The maximum Gasteiger partial charge on any atom is 0.104 e. The fraction of sp³-hybridized carbons (Fsp3) is 1.00. The molecule has 1 saturated heterocycles. The van der Waals surface area contributed by atoms with Crippen molar-refractivity contribution in [3.8, 4) is 0 Å². The van der Waals surface area contributed by atoms with Crippen molar-refractivity contribution in [2.45, 2.75) is 6.10 Å². The lowest BCUT2D eigenvalue weighted by Gasteiger charge is -2.01. The van der Waals surface area contributed by atoms with Gasteiger partial charge in [-0.15, -0.1) is 0 Å². The molecular formula is C7H14O4.